The maximum absolute atomic E-state index is 13.7. The van der Waals surface area contributed by atoms with Gasteiger partial charge in [0.1, 0.15) is 6.61 Å². The van der Waals surface area contributed by atoms with Crippen LogP contribution in [0.3, 0.4) is 0 Å². The number of rotatable bonds is 19. The number of hydrogen-bond donors (Lipinski definition) is 1. The highest BCUT2D eigenvalue weighted by Crippen LogP contribution is 2.39. The molecule has 0 saturated carbocycles. The van der Waals surface area contributed by atoms with Crippen LogP contribution in [0.5, 0.6) is 11.5 Å². The highest BCUT2D eigenvalue weighted by atomic mass is 16.5. The number of esters is 2. The number of amides is 1. The fourth-order valence-electron chi connectivity index (χ4n) is 5.90. The quantitative estimate of drug-likeness (QED) is 0.100. The number of para-hydroxylation sites is 1. The Labute approximate surface area is 292 Å². The zero-order chi connectivity index (χ0) is 35.8. The molecule has 49 heavy (non-hydrogen) atoms. The summed E-state index contributed by atoms with van der Waals surface area (Å²) in [5.41, 5.74) is 4.55. The minimum atomic E-state index is -0.433. The van der Waals surface area contributed by atoms with Crippen LogP contribution in [0.25, 0.3) is 0 Å². The van der Waals surface area contributed by atoms with Crippen molar-refractivity contribution < 1.29 is 33.3 Å². The third-order valence-corrected chi connectivity index (χ3v) is 8.58. The Kier molecular flexibility index (Phi) is 15.7. The SMILES string of the molecule is CCCCCC(CC(=O)Nc1cc(CCC(C)OC(=O)CCC(=O)OCc2ccccc2)ccc1C(C)(C)C)c1cccc(OC)c1OC. The molecule has 0 fully saturated rings. The maximum atomic E-state index is 13.7. The summed E-state index contributed by atoms with van der Waals surface area (Å²) in [7, 11) is 3.26. The van der Waals surface area contributed by atoms with Gasteiger partial charge in [-0.05, 0) is 66.3 Å². The molecule has 0 aromatic heterocycles. The van der Waals surface area contributed by atoms with Crippen LogP contribution < -0.4 is 14.8 Å². The number of nitrogens with one attached hydrogen (secondary N) is 1. The van der Waals surface area contributed by atoms with E-state index in [0.29, 0.717) is 30.8 Å². The molecule has 2 atom stereocenters. The number of methoxy groups -OCH3 is 2. The van der Waals surface area contributed by atoms with Crippen LogP contribution in [0.2, 0.25) is 0 Å². The van der Waals surface area contributed by atoms with Crippen molar-refractivity contribution in [2.75, 3.05) is 19.5 Å². The van der Waals surface area contributed by atoms with Crippen LogP contribution in [0.15, 0.2) is 66.7 Å². The van der Waals surface area contributed by atoms with Gasteiger partial charge in [-0.1, -0.05) is 102 Å². The second-order valence-electron chi connectivity index (χ2n) is 13.6. The van der Waals surface area contributed by atoms with E-state index < -0.39 is 11.9 Å². The molecule has 3 rings (SSSR count). The highest BCUT2D eigenvalue weighted by molar-refractivity contribution is 5.92. The lowest BCUT2D eigenvalue weighted by Crippen LogP contribution is -2.21. The van der Waals surface area contributed by atoms with Crippen molar-refractivity contribution in [1.82, 2.24) is 0 Å². The Hall–Kier alpha value is -4.33. The molecule has 1 N–H and O–H groups in total. The minimum Gasteiger partial charge on any atom is -0.493 e. The molecule has 8 nitrogen and oxygen atoms in total. The van der Waals surface area contributed by atoms with E-state index in [1.54, 1.807) is 14.2 Å². The average Bonchev–Trinajstić information content (AvgIpc) is 3.08. The van der Waals surface area contributed by atoms with Crippen LogP contribution in [0.4, 0.5) is 5.69 Å². The van der Waals surface area contributed by atoms with Gasteiger partial charge >= 0.3 is 11.9 Å². The van der Waals surface area contributed by atoms with Crippen molar-refractivity contribution in [2.45, 2.75) is 116 Å². The first kappa shape index (κ1) is 39.1. The van der Waals surface area contributed by atoms with Gasteiger partial charge in [-0.2, -0.15) is 0 Å². The van der Waals surface area contributed by atoms with Crippen molar-refractivity contribution in [2.24, 2.45) is 0 Å². The van der Waals surface area contributed by atoms with E-state index in [0.717, 1.165) is 53.6 Å². The Morgan fingerprint density at radius 2 is 1.55 bits per heavy atom. The van der Waals surface area contributed by atoms with E-state index in [4.69, 9.17) is 18.9 Å². The lowest BCUT2D eigenvalue weighted by atomic mass is 9.84. The highest BCUT2D eigenvalue weighted by Gasteiger charge is 2.24. The summed E-state index contributed by atoms with van der Waals surface area (Å²) in [4.78, 5) is 38.2. The number of unbranched alkanes of at least 4 members (excludes halogenated alkanes) is 2. The normalized spacial score (nSPS) is 12.5. The Bertz CT molecular complexity index is 1500. The topological polar surface area (TPSA) is 100 Å². The summed E-state index contributed by atoms with van der Waals surface area (Å²) in [5.74, 6) is 0.385. The van der Waals surface area contributed by atoms with Crippen molar-refractivity contribution in [1.29, 1.82) is 0 Å². The maximum Gasteiger partial charge on any atom is 0.306 e. The van der Waals surface area contributed by atoms with E-state index in [1.807, 2.05) is 61.5 Å². The molecule has 0 spiro atoms. The standard InChI is InChI=1S/C41H55NO7/c1-8-9-11-17-32(33-18-14-19-36(46-6)40(33)47-7)27-37(43)42-35-26-30(22-23-34(35)41(3,4)5)21-20-29(2)49-39(45)25-24-38(44)48-28-31-15-12-10-13-16-31/h10,12-16,18-19,22-23,26,29,32H,8-9,11,17,20-21,24-25,27-28H2,1-7H3,(H,42,43). The smallest absolute Gasteiger partial charge is 0.306 e. The van der Waals surface area contributed by atoms with Crippen LogP contribution in [-0.2, 0) is 42.3 Å². The molecule has 0 bridgehead atoms. The van der Waals surface area contributed by atoms with Crippen molar-refractivity contribution in [3.63, 3.8) is 0 Å². The molecule has 0 aliphatic rings. The molecule has 0 saturated heterocycles. The number of hydrogen-bond acceptors (Lipinski definition) is 7. The summed E-state index contributed by atoms with van der Waals surface area (Å²) in [6.07, 6.45) is 5.23. The van der Waals surface area contributed by atoms with Crippen LogP contribution in [-0.4, -0.2) is 38.2 Å². The fourth-order valence-corrected chi connectivity index (χ4v) is 5.90. The van der Waals surface area contributed by atoms with Gasteiger partial charge in [-0.25, -0.2) is 0 Å². The summed E-state index contributed by atoms with van der Waals surface area (Å²) in [6, 6.07) is 21.4. The number of carbonyl (C=O) groups is 3. The second kappa shape index (κ2) is 19.6. The minimum absolute atomic E-state index is 0.0280. The van der Waals surface area contributed by atoms with Crippen LogP contribution in [0.1, 0.15) is 114 Å². The van der Waals surface area contributed by atoms with Crippen LogP contribution >= 0.6 is 0 Å². The molecule has 3 aromatic rings. The molecule has 8 heteroatoms. The molecule has 0 radical (unpaired) electrons. The van der Waals surface area contributed by atoms with Gasteiger partial charge in [-0.15, -0.1) is 0 Å². The number of anilines is 1. The van der Waals surface area contributed by atoms with E-state index in [1.165, 1.54) is 0 Å². The van der Waals surface area contributed by atoms with Crippen LogP contribution in [0, 0.1) is 0 Å². The first-order chi connectivity index (χ1) is 23.4. The third kappa shape index (κ3) is 12.9. The van der Waals surface area contributed by atoms with Gasteiger partial charge in [0.2, 0.25) is 5.91 Å². The third-order valence-electron chi connectivity index (χ3n) is 8.58. The molecule has 3 aromatic carbocycles. The number of ether oxygens (including phenoxy) is 4. The van der Waals surface area contributed by atoms with Crippen molar-refractivity contribution in [3.8, 4) is 11.5 Å². The van der Waals surface area contributed by atoms with Gasteiger partial charge in [0.25, 0.3) is 0 Å². The lowest BCUT2D eigenvalue weighted by molar-refractivity contribution is -0.153. The molecule has 266 valence electrons. The number of aryl methyl sites for hydroxylation is 1. The van der Waals surface area contributed by atoms with E-state index >= 15 is 0 Å². The largest absolute Gasteiger partial charge is 0.493 e. The lowest BCUT2D eigenvalue weighted by Gasteiger charge is -2.25. The Morgan fingerprint density at radius 1 is 0.816 bits per heavy atom. The van der Waals surface area contributed by atoms with Crippen molar-refractivity contribution >= 4 is 23.5 Å². The van der Waals surface area contributed by atoms with Gasteiger partial charge in [0.05, 0.1) is 33.2 Å². The van der Waals surface area contributed by atoms with E-state index in [-0.39, 0.29) is 42.8 Å². The fraction of sp³-hybridized carbons (Fsp3) is 0.488. The zero-order valence-electron chi connectivity index (χ0n) is 30.4. The average molecular weight is 674 g/mol. The van der Waals surface area contributed by atoms with E-state index in [9.17, 15) is 14.4 Å². The van der Waals surface area contributed by atoms with E-state index in [2.05, 4.69) is 45.1 Å². The molecule has 2 unspecified atom stereocenters. The van der Waals surface area contributed by atoms with Gasteiger partial charge in [-0.3, -0.25) is 14.4 Å². The van der Waals surface area contributed by atoms with Gasteiger partial charge in [0, 0.05) is 17.7 Å². The van der Waals surface area contributed by atoms with Gasteiger partial charge in [0.15, 0.2) is 11.5 Å². The molecule has 0 aliphatic heterocycles. The second-order valence-corrected chi connectivity index (χ2v) is 13.6. The Morgan fingerprint density at radius 3 is 2.22 bits per heavy atom. The summed E-state index contributed by atoms with van der Waals surface area (Å²) < 4.78 is 22.1. The zero-order valence-corrected chi connectivity index (χ0v) is 30.4. The molecule has 1 amide bonds. The summed E-state index contributed by atoms with van der Waals surface area (Å²) in [6.45, 7) is 10.6. The first-order valence-electron chi connectivity index (χ1n) is 17.5. The van der Waals surface area contributed by atoms with Crippen molar-refractivity contribution in [3.05, 3.63) is 89.0 Å². The summed E-state index contributed by atoms with van der Waals surface area (Å²) in [5, 5.41) is 3.24. The molecular weight excluding hydrogens is 618 g/mol. The molecular formula is C41H55NO7. The summed E-state index contributed by atoms with van der Waals surface area (Å²) >= 11 is 0. The Balaban J connectivity index is 1.62. The van der Waals surface area contributed by atoms with Gasteiger partial charge < -0.3 is 24.3 Å². The molecule has 0 aliphatic carbocycles. The predicted molar refractivity (Wildman–Crippen MR) is 194 cm³/mol. The number of carbonyl (C=O) groups excluding carboxylic acids is 3. The first-order valence-corrected chi connectivity index (χ1v) is 17.5. The molecule has 0 heterocycles. The number of benzene rings is 3. The monoisotopic (exact) mass is 673 g/mol. The predicted octanol–water partition coefficient (Wildman–Crippen LogP) is 9.08.